The zero-order chi connectivity index (χ0) is 20.3. The van der Waals surface area contributed by atoms with Crippen LogP contribution in [0.4, 0.5) is 13.2 Å². The lowest BCUT2D eigenvalue weighted by Crippen LogP contribution is -2.15. The first kappa shape index (κ1) is 21.2. The molecular weight excluding hydrogens is 381 g/mol. The first-order chi connectivity index (χ1) is 13.4. The van der Waals surface area contributed by atoms with Crippen LogP contribution >= 0.6 is 11.6 Å². The molecule has 0 radical (unpaired) electrons. The number of aryl methyl sites for hydroxylation is 2. The van der Waals surface area contributed by atoms with E-state index < -0.39 is 17.5 Å². The van der Waals surface area contributed by atoms with Crippen molar-refractivity contribution >= 4 is 11.6 Å². The number of halogens is 4. The molecule has 152 valence electrons. The van der Waals surface area contributed by atoms with E-state index in [-0.39, 0.29) is 16.1 Å². The second kappa shape index (κ2) is 9.35. The molecule has 1 fully saturated rings. The van der Waals surface area contributed by atoms with Crippen LogP contribution in [0.15, 0.2) is 24.3 Å². The molecule has 2 aromatic rings. The van der Waals surface area contributed by atoms with Gasteiger partial charge < -0.3 is 0 Å². The highest BCUT2D eigenvalue weighted by molar-refractivity contribution is 6.33. The van der Waals surface area contributed by atoms with Gasteiger partial charge in [-0.05, 0) is 42.7 Å². The molecule has 1 aliphatic rings. The van der Waals surface area contributed by atoms with Gasteiger partial charge in [-0.25, -0.2) is 13.2 Å². The lowest BCUT2D eigenvalue weighted by atomic mass is 9.78. The van der Waals surface area contributed by atoms with Crippen LogP contribution in [0, 0.1) is 36.2 Å². The molecule has 0 atom stereocenters. The summed E-state index contributed by atoms with van der Waals surface area (Å²) >= 11 is 6.03. The molecule has 0 aromatic heterocycles. The van der Waals surface area contributed by atoms with Crippen molar-refractivity contribution in [2.24, 2.45) is 11.8 Å². The van der Waals surface area contributed by atoms with Gasteiger partial charge in [-0.1, -0.05) is 81.3 Å². The average molecular weight is 409 g/mol. The minimum Gasteiger partial charge on any atom is -0.205 e. The third kappa shape index (κ3) is 4.56. The van der Waals surface area contributed by atoms with Crippen LogP contribution in [0.5, 0.6) is 0 Å². The second-order valence-electron chi connectivity index (χ2n) is 8.17. The summed E-state index contributed by atoms with van der Waals surface area (Å²) in [6, 6.07) is 6.19. The fraction of sp³-hybridized carbons (Fsp3) is 0.500. The van der Waals surface area contributed by atoms with Crippen LogP contribution in [0.3, 0.4) is 0 Å². The zero-order valence-corrected chi connectivity index (χ0v) is 17.4. The highest BCUT2D eigenvalue weighted by atomic mass is 35.5. The predicted octanol–water partition coefficient (Wildman–Crippen LogP) is 8.27. The molecule has 2 aromatic carbocycles. The minimum absolute atomic E-state index is 0.00484. The summed E-state index contributed by atoms with van der Waals surface area (Å²) in [7, 11) is 0. The summed E-state index contributed by atoms with van der Waals surface area (Å²) in [5, 5.41) is -0.171. The molecule has 0 nitrogen and oxygen atoms in total. The minimum atomic E-state index is -0.950. The van der Waals surface area contributed by atoms with Gasteiger partial charge in [0.1, 0.15) is 5.82 Å². The molecule has 0 unspecified atom stereocenters. The smallest absolute Gasteiger partial charge is 0.166 e. The topological polar surface area (TPSA) is 0 Å². The number of benzene rings is 2. The van der Waals surface area contributed by atoms with Crippen LogP contribution in [-0.4, -0.2) is 0 Å². The molecule has 0 amide bonds. The van der Waals surface area contributed by atoms with Crippen molar-refractivity contribution in [3.8, 4) is 11.1 Å². The Morgan fingerprint density at radius 2 is 1.43 bits per heavy atom. The van der Waals surface area contributed by atoms with Gasteiger partial charge in [-0.15, -0.1) is 0 Å². The SMILES string of the molecule is CCC[C@H]1CC[C@H](CCc2ccc(-c3ccc(C)c(F)c3Cl)c(F)c2F)CC1. The lowest BCUT2D eigenvalue weighted by Gasteiger charge is -2.28. The molecule has 0 saturated heterocycles. The third-order valence-electron chi connectivity index (χ3n) is 6.21. The van der Waals surface area contributed by atoms with E-state index in [0.29, 0.717) is 23.5 Å². The third-order valence-corrected chi connectivity index (χ3v) is 6.58. The van der Waals surface area contributed by atoms with E-state index in [1.165, 1.54) is 56.7 Å². The Morgan fingerprint density at radius 3 is 2.07 bits per heavy atom. The lowest BCUT2D eigenvalue weighted by molar-refractivity contribution is 0.251. The Kier molecular flexibility index (Phi) is 7.09. The Bertz CT molecular complexity index is 823. The van der Waals surface area contributed by atoms with Crippen molar-refractivity contribution in [1.29, 1.82) is 0 Å². The van der Waals surface area contributed by atoms with Crippen molar-refractivity contribution in [3.63, 3.8) is 0 Å². The van der Waals surface area contributed by atoms with Gasteiger partial charge in [0.15, 0.2) is 11.6 Å². The van der Waals surface area contributed by atoms with Gasteiger partial charge in [-0.3, -0.25) is 0 Å². The monoisotopic (exact) mass is 408 g/mol. The molecule has 4 heteroatoms. The fourth-order valence-electron chi connectivity index (χ4n) is 4.42. The maximum Gasteiger partial charge on any atom is 0.166 e. The van der Waals surface area contributed by atoms with Gasteiger partial charge >= 0.3 is 0 Å². The van der Waals surface area contributed by atoms with Crippen molar-refractivity contribution in [2.75, 3.05) is 0 Å². The Labute approximate surface area is 171 Å². The highest BCUT2D eigenvalue weighted by Gasteiger charge is 2.22. The standard InChI is InChI=1S/C24H28ClF3/c1-3-4-16-6-8-17(9-7-16)10-11-18-12-14-20(24(28)23(18)27)19-13-5-15(2)22(26)21(19)25/h5,12-14,16-17H,3-4,6-11H2,1-2H3/t16-,17-. The van der Waals surface area contributed by atoms with E-state index in [2.05, 4.69) is 6.92 Å². The summed E-state index contributed by atoms with van der Waals surface area (Å²) in [5.74, 6) is -0.949. The molecule has 0 spiro atoms. The van der Waals surface area contributed by atoms with E-state index >= 15 is 0 Å². The summed E-state index contributed by atoms with van der Waals surface area (Å²) < 4.78 is 43.4. The largest absolute Gasteiger partial charge is 0.205 e. The summed E-state index contributed by atoms with van der Waals surface area (Å²) in [5.41, 5.74) is 0.952. The fourth-order valence-corrected chi connectivity index (χ4v) is 4.74. The Balaban J connectivity index is 1.70. The molecule has 0 aliphatic heterocycles. The van der Waals surface area contributed by atoms with Gasteiger partial charge in [0, 0.05) is 11.1 Å². The van der Waals surface area contributed by atoms with E-state index in [0.717, 1.165) is 12.3 Å². The maximum absolute atomic E-state index is 14.7. The summed E-state index contributed by atoms with van der Waals surface area (Å²) in [6.07, 6.45) is 8.83. The second-order valence-corrected chi connectivity index (χ2v) is 8.55. The molecule has 3 rings (SSSR count). The summed E-state index contributed by atoms with van der Waals surface area (Å²) in [4.78, 5) is 0. The number of hydrogen-bond acceptors (Lipinski definition) is 0. The quantitative estimate of drug-likeness (QED) is 0.451. The van der Waals surface area contributed by atoms with Crippen molar-refractivity contribution < 1.29 is 13.2 Å². The van der Waals surface area contributed by atoms with Gasteiger partial charge in [0.25, 0.3) is 0 Å². The zero-order valence-electron chi connectivity index (χ0n) is 16.6. The van der Waals surface area contributed by atoms with Gasteiger partial charge in [0.05, 0.1) is 5.02 Å². The van der Waals surface area contributed by atoms with Gasteiger partial charge in [-0.2, -0.15) is 0 Å². The van der Waals surface area contributed by atoms with Gasteiger partial charge in [0.2, 0.25) is 0 Å². The van der Waals surface area contributed by atoms with Crippen LogP contribution < -0.4 is 0 Å². The van der Waals surface area contributed by atoms with E-state index in [1.807, 2.05) is 0 Å². The molecule has 0 N–H and O–H groups in total. The van der Waals surface area contributed by atoms with Crippen molar-refractivity contribution in [1.82, 2.24) is 0 Å². The van der Waals surface area contributed by atoms with Crippen LogP contribution in [0.1, 0.15) is 63.0 Å². The van der Waals surface area contributed by atoms with Crippen molar-refractivity contribution in [2.45, 2.75) is 65.2 Å². The van der Waals surface area contributed by atoms with Crippen LogP contribution in [-0.2, 0) is 6.42 Å². The van der Waals surface area contributed by atoms with E-state index in [1.54, 1.807) is 13.0 Å². The van der Waals surface area contributed by atoms with E-state index in [9.17, 15) is 13.2 Å². The first-order valence-corrected chi connectivity index (χ1v) is 10.7. The normalized spacial score (nSPS) is 19.8. The molecule has 1 aliphatic carbocycles. The first-order valence-electron chi connectivity index (χ1n) is 10.3. The number of rotatable bonds is 6. The molecule has 1 saturated carbocycles. The van der Waals surface area contributed by atoms with Crippen molar-refractivity contribution in [3.05, 3.63) is 57.9 Å². The van der Waals surface area contributed by atoms with E-state index in [4.69, 9.17) is 11.6 Å². The average Bonchev–Trinajstić information content (AvgIpc) is 2.69. The Hall–Kier alpha value is -1.48. The number of hydrogen-bond donors (Lipinski definition) is 0. The van der Waals surface area contributed by atoms with Crippen LogP contribution in [0.25, 0.3) is 11.1 Å². The molecule has 28 heavy (non-hydrogen) atoms. The molecule has 0 bridgehead atoms. The molecule has 0 heterocycles. The highest BCUT2D eigenvalue weighted by Crippen LogP contribution is 2.36. The predicted molar refractivity (Wildman–Crippen MR) is 110 cm³/mol. The Morgan fingerprint density at radius 1 is 0.821 bits per heavy atom. The summed E-state index contributed by atoms with van der Waals surface area (Å²) in [6.45, 7) is 3.81. The molecular formula is C24H28ClF3. The maximum atomic E-state index is 14.7. The van der Waals surface area contributed by atoms with Crippen LogP contribution in [0.2, 0.25) is 5.02 Å².